The summed E-state index contributed by atoms with van der Waals surface area (Å²) < 4.78 is 11.6. The first-order valence-corrected chi connectivity index (χ1v) is 10.7. The molecule has 2 aromatic carbocycles. The Morgan fingerprint density at radius 2 is 1.00 bits per heavy atom. The van der Waals surface area contributed by atoms with Gasteiger partial charge in [-0.3, -0.25) is 0 Å². The van der Waals surface area contributed by atoms with Crippen molar-refractivity contribution in [1.82, 2.24) is 0 Å². The predicted molar refractivity (Wildman–Crippen MR) is 130 cm³/mol. The molecule has 0 bridgehead atoms. The average Bonchev–Trinajstić information content (AvgIpc) is 2.69. The average molecular weight is 435 g/mol. The van der Waals surface area contributed by atoms with Crippen molar-refractivity contribution in [3.8, 4) is 11.5 Å². The van der Waals surface area contributed by atoms with Crippen LogP contribution >= 0.6 is 0 Å². The molecule has 0 atom stereocenters. The minimum atomic E-state index is -0.462. The first-order valence-electron chi connectivity index (χ1n) is 10.7. The van der Waals surface area contributed by atoms with E-state index in [2.05, 4.69) is 20.1 Å². The molecule has 2 rings (SSSR count). The Labute approximate surface area is 191 Å². The van der Waals surface area contributed by atoms with E-state index in [1.54, 1.807) is 13.8 Å². The van der Waals surface area contributed by atoms with Gasteiger partial charge in [0.25, 0.3) is 0 Å². The van der Waals surface area contributed by atoms with Crippen LogP contribution in [0.4, 0.5) is 0 Å². The van der Waals surface area contributed by atoms with Gasteiger partial charge in [0.05, 0.1) is 0 Å². The van der Waals surface area contributed by atoms with Gasteiger partial charge in [-0.1, -0.05) is 32.2 Å². The van der Waals surface area contributed by atoms with Gasteiger partial charge in [-0.25, -0.2) is 9.59 Å². The fourth-order valence-electron chi connectivity index (χ4n) is 4.01. The SMILES string of the molecule is C=C(C)C(=O)Oc1c(C)cc(C)c(C)c1C(C)c1c(C)c(C)cc(C)c1OC(=O)C(=C)C. The Morgan fingerprint density at radius 3 is 1.28 bits per heavy atom. The zero-order valence-electron chi connectivity index (χ0n) is 20.8. The van der Waals surface area contributed by atoms with E-state index in [-0.39, 0.29) is 5.92 Å². The molecule has 0 saturated heterocycles. The Balaban J connectivity index is 2.84. The summed E-state index contributed by atoms with van der Waals surface area (Å²) in [6.07, 6.45) is 0. The van der Waals surface area contributed by atoms with Crippen LogP contribution in [0.2, 0.25) is 0 Å². The molecule has 0 unspecified atom stereocenters. The summed E-state index contributed by atoms with van der Waals surface area (Å²) in [5, 5.41) is 0. The number of hydrogen-bond acceptors (Lipinski definition) is 4. The molecule has 0 fully saturated rings. The van der Waals surface area contributed by atoms with Crippen molar-refractivity contribution in [2.24, 2.45) is 0 Å². The number of carbonyl (C=O) groups excluding carboxylic acids is 2. The van der Waals surface area contributed by atoms with Crippen molar-refractivity contribution >= 4 is 11.9 Å². The van der Waals surface area contributed by atoms with Crippen LogP contribution < -0.4 is 9.47 Å². The normalized spacial score (nSPS) is 10.8. The van der Waals surface area contributed by atoms with Crippen LogP contribution in [0, 0.1) is 41.5 Å². The first-order chi connectivity index (χ1) is 14.8. The second kappa shape index (κ2) is 9.56. The van der Waals surface area contributed by atoms with Crippen LogP contribution in [-0.2, 0) is 9.59 Å². The van der Waals surface area contributed by atoms with Gasteiger partial charge in [0.15, 0.2) is 0 Å². The van der Waals surface area contributed by atoms with Gasteiger partial charge < -0.3 is 9.47 Å². The van der Waals surface area contributed by atoms with E-state index in [4.69, 9.17) is 9.47 Å². The lowest BCUT2D eigenvalue weighted by Gasteiger charge is -2.27. The summed E-state index contributed by atoms with van der Waals surface area (Å²) in [6, 6.07) is 4.03. The molecule has 0 spiro atoms. The zero-order chi connectivity index (χ0) is 24.5. The molecule has 0 aliphatic heterocycles. The Bertz CT molecular complexity index is 1050. The third-order valence-corrected chi connectivity index (χ3v) is 6.02. The number of hydrogen-bond donors (Lipinski definition) is 0. The molecule has 0 aliphatic carbocycles. The van der Waals surface area contributed by atoms with Crippen LogP contribution in [0.15, 0.2) is 36.4 Å². The van der Waals surface area contributed by atoms with Crippen molar-refractivity contribution < 1.29 is 19.1 Å². The molecule has 32 heavy (non-hydrogen) atoms. The summed E-state index contributed by atoms with van der Waals surface area (Å²) in [7, 11) is 0. The van der Waals surface area contributed by atoms with Crippen molar-refractivity contribution in [1.29, 1.82) is 0 Å². The highest BCUT2D eigenvalue weighted by molar-refractivity contribution is 5.90. The summed E-state index contributed by atoms with van der Waals surface area (Å²) in [5.74, 6) is -0.0616. The molecule has 2 aromatic rings. The number of esters is 2. The lowest BCUT2D eigenvalue weighted by atomic mass is 9.82. The lowest BCUT2D eigenvalue weighted by molar-refractivity contribution is -0.131. The predicted octanol–water partition coefficient (Wildman–Crippen LogP) is 6.65. The van der Waals surface area contributed by atoms with Crippen LogP contribution in [0.25, 0.3) is 0 Å². The minimum absolute atomic E-state index is 0.201. The van der Waals surface area contributed by atoms with E-state index in [0.29, 0.717) is 22.6 Å². The van der Waals surface area contributed by atoms with E-state index < -0.39 is 11.9 Å². The molecular formula is C28H34O4. The molecule has 170 valence electrons. The van der Waals surface area contributed by atoms with Gasteiger partial charge >= 0.3 is 11.9 Å². The lowest BCUT2D eigenvalue weighted by Crippen LogP contribution is -2.16. The molecule has 0 aromatic heterocycles. The maximum atomic E-state index is 12.4. The minimum Gasteiger partial charge on any atom is -0.423 e. The second-order valence-electron chi connectivity index (χ2n) is 8.82. The van der Waals surface area contributed by atoms with E-state index in [1.807, 2.05) is 53.7 Å². The first kappa shape index (κ1) is 25.1. The molecule has 4 nitrogen and oxygen atoms in total. The monoisotopic (exact) mass is 434 g/mol. The van der Waals surface area contributed by atoms with E-state index in [0.717, 1.165) is 44.5 Å². The summed E-state index contributed by atoms with van der Waals surface area (Å²) in [6.45, 7) is 24.7. The van der Waals surface area contributed by atoms with Crippen LogP contribution in [0.3, 0.4) is 0 Å². The number of carbonyl (C=O) groups is 2. The topological polar surface area (TPSA) is 52.6 Å². The molecule has 0 heterocycles. The number of benzene rings is 2. The van der Waals surface area contributed by atoms with Crippen molar-refractivity contribution in [3.05, 3.63) is 80.9 Å². The third kappa shape index (κ3) is 4.85. The zero-order valence-corrected chi connectivity index (χ0v) is 20.8. The quantitative estimate of drug-likeness (QED) is 0.290. The fraction of sp³-hybridized carbons (Fsp3) is 0.357. The van der Waals surface area contributed by atoms with Crippen LogP contribution in [0.5, 0.6) is 11.5 Å². The van der Waals surface area contributed by atoms with Crippen LogP contribution in [-0.4, -0.2) is 11.9 Å². The highest BCUT2D eigenvalue weighted by Crippen LogP contribution is 2.44. The van der Waals surface area contributed by atoms with Gasteiger partial charge in [0.1, 0.15) is 11.5 Å². The highest BCUT2D eigenvalue weighted by atomic mass is 16.5. The molecule has 0 saturated carbocycles. The number of ether oxygens (including phenoxy) is 2. The Morgan fingerprint density at radius 1 is 0.688 bits per heavy atom. The maximum absolute atomic E-state index is 12.4. The number of rotatable bonds is 6. The third-order valence-electron chi connectivity index (χ3n) is 6.02. The summed E-state index contributed by atoms with van der Waals surface area (Å²) in [4.78, 5) is 24.9. The molecular weight excluding hydrogens is 400 g/mol. The van der Waals surface area contributed by atoms with Gasteiger partial charge in [-0.2, -0.15) is 0 Å². The molecule has 0 amide bonds. The summed E-state index contributed by atoms with van der Waals surface area (Å²) in [5.41, 5.74) is 8.46. The summed E-state index contributed by atoms with van der Waals surface area (Å²) >= 11 is 0. The highest BCUT2D eigenvalue weighted by Gasteiger charge is 2.28. The second-order valence-corrected chi connectivity index (χ2v) is 8.82. The van der Waals surface area contributed by atoms with Crippen molar-refractivity contribution in [2.75, 3.05) is 0 Å². The number of aryl methyl sites for hydroxylation is 4. The van der Waals surface area contributed by atoms with Crippen LogP contribution in [0.1, 0.15) is 71.2 Å². The Hall–Kier alpha value is -3.14. The maximum Gasteiger partial charge on any atom is 0.338 e. The van der Waals surface area contributed by atoms with E-state index in [9.17, 15) is 9.59 Å². The van der Waals surface area contributed by atoms with Gasteiger partial charge in [0.2, 0.25) is 0 Å². The Kier molecular flexibility index (Phi) is 7.50. The molecule has 0 N–H and O–H groups in total. The smallest absolute Gasteiger partial charge is 0.338 e. The van der Waals surface area contributed by atoms with E-state index >= 15 is 0 Å². The van der Waals surface area contributed by atoms with Crippen molar-refractivity contribution in [3.63, 3.8) is 0 Å². The van der Waals surface area contributed by atoms with E-state index in [1.165, 1.54) is 0 Å². The standard InChI is InChI=1S/C28H34O4/c1-14(2)27(29)31-25-18(7)12-16(5)20(9)23(25)22(11)24-21(10)17(6)13-19(8)26(24)32-28(30)15(3)4/h12-13,22H,1,3H2,2,4-11H3. The fourth-order valence-corrected chi connectivity index (χ4v) is 4.01. The van der Waals surface area contributed by atoms with Gasteiger partial charge in [-0.05, 0) is 88.8 Å². The molecule has 0 aliphatic rings. The van der Waals surface area contributed by atoms with Gasteiger partial charge in [-0.15, -0.1) is 0 Å². The largest absolute Gasteiger partial charge is 0.423 e. The molecule has 4 heteroatoms. The van der Waals surface area contributed by atoms with Gasteiger partial charge in [0, 0.05) is 28.2 Å². The molecule has 0 radical (unpaired) electrons. The van der Waals surface area contributed by atoms with Crippen molar-refractivity contribution in [2.45, 2.75) is 68.2 Å².